The van der Waals surface area contributed by atoms with Gasteiger partial charge in [-0.25, -0.2) is 0 Å². The monoisotopic (exact) mass is 199 g/mol. The molecule has 0 bridgehead atoms. The van der Waals surface area contributed by atoms with Crippen LogP contribution in [0.4, 0.5) is 0 Å². The molecule has 0 unspecified atom stereocenters. The van der Waals surface area contributed by atoms with E-state index >= 15 is 0 Å². The summed E-state index contributed by atoms with van der Waals surface area (Å²) in [6.07, 6.45) is 0.563. The molecule has 0 aromatic carbocycles. The zero-order valence-electron chi connectivity index (χ0n) is 8.95. The van der Waals surface area contributed by atoms with E-state index in [9.17, 15) is 9.59 Å². The summed E-state index contributed by atoms with van der Waals surface area (Å²) < 4.78 is 4.59. The largest absolute Gasteiger partial charge is 0.469 e. The topological polar surface area (TPSA) is 46.6 Å². The Morgan fingerprint density at radius 2 is 2.00 bits per heavy atom. The summed E-state index contributed by atoms with van der Waals surface area (Å²) in [6.45, 7) is 5.07. The van der Waals surface area contributed by atoms with Crippen LogP contribution in [-0.2, 0) is 14.3 Å². The molecule has 1 amide bonds. The highest BCUT2D eigenvalue weighted by atomic mass is 16.5. The van der Waals surface area contributed by atoms with Gasteiger partial charge in [-0.15, -0.1) is 0 Å². The Hall–Kier alpha value is -1.06. The third-order valence-corrected chi connectivity index (χ3v) is 2.35. The van der Waals surface area contributed by atoms with Crippen LogP contribution in [0.5, 0.6) is 0 Å². The number of hydrogen-bond donors (Lipinski definition) is 0. The van der Waals surface area contributed by atoms with E-state index < -0.39 is 0 Å². The molecular weight excluding hydrogens is 182 g/mol. The van der Waals surface area contributed by atoms with Crippen molar-refractivity contribution in [2.24, 2.45) is 11.8 Å². The van der Waals surface area contributed by atoms with Gasteiger partial charge >= 0.3 is 5.97 Å². The van der Waals surface area contributed by atoms with Crippen molar-refractivity contribution >= 4 is 11.9 Å². The standard InChI is InChI=1S/C10H17NO3/c1-7(2)4-9(12)11-5-8(6-11)10(13)14-3/h7-8H,4-6H2,1-3H3. The molecule has 4 heteroatoms. The number of methoxy groups -OCH3 is 1. The second-order valence-electron chi connectivity index (χ2n) is 4.12. The first-order chi connectivity index (χ1) is 6.54. The van der Waals surface area contributed by atoms with Crippen LogP contribution in [0.15, 0.2) is 0 Å². The highest BCUT2D eigenvalue weighted by Crippen LogP contribution is 2.18. The van der Waals surface area contributed by atoms with Crippen LogP contribution in [0.1, 0.15) is 20.3 Å². The van der Waals surface area contributed by atoms with Gasteiger partial charge < -0.3 is 9.64 Å². The van der Waals surface area contributed by atoms with Crippen LogP contribution in [0, 0.1) is 11.8 Å². The smallest absolute Gasteiger partial charge is 0.312 e. The molecule has 0 atom stereocenters. The number of carbonyl (C=O) groups excluding carboxylic acids is 2. The molecule has 0 aromatic rings. The Morgan fingerprint density at radius 3 is 2.43 bits per heavy atom. The van der Waals surface area contributed by atoms with Gasteiger partial charge in [-0.05, 0) is 5.92 Å². The Balaban J connectivity index is 2.27. The minimum absolute atomic E-state index is 0.101. The number of ether oxygens (including phenoxy) is 1. The predicted octanol–water partition coefficient (Wildman–Crippen LogP) is 0.664. The Bertz CT molecular complexity index is 232. The lowest BCUT2D eigenvalue weighted by molar-refractivity contribution is -0.155. The fourth-order valence-electron chi connectivity index (χ4n) is 1.48. The fourth-order valence-corrected chi connectivity index (χ4v) is 1.48. The molecule has 1 aliphatic heterocycles. The van der Waals surface area contributed by atoms with Crippen LogP contribution in [0.3, 0.4) is 0 Å². The highest BCUT2D eigenvalue weighted by molar-refractivity contribution is 5.81. The van der Waals surface area contributed by atoms with Gasteiger partial charge in [-0.3, -0.25) is 9.59 Å². The molecule has 80 valence electrons. The van der Waals surface area contributed by atoms with Gasteiger partial charge in [0.15, 0.2) is 0 Å². The molecule has 4 nitrogen and oxygen atoms in total. The fraction of sp³-hybridized carbons (Fsp3) is 0.800. The van der Waals surface area contributed by atoms with Gasteiger partial charge in [0.05, 0.1) is 13.0 Å². The van der Waals surface area contributed by atoms with Crippen LogP contribution in [-0.4, -0.2) is 37.0 Å². The van der Waals surface area contributed by atoms with Gasteiger partial charge in [0.1, 0.15) is 0 Å². The van der Waals surface area contributed by atoms with Crippen molar-refractivity contribution in [1.29, 1.82) is 0 Å². The summed E-state index contributed by atoms with van der Waals surface area (Å²) in [5, 5.41) is 0. The normalized spacial score (nSPS) is 16.7. The minimum Gasteiger partial charge on any atom is -0.469 e. The Morgan fingerprint density at radius 1 is 1.43 bits per heavy atom. The lowest BCUT2D eigenvalue weighted by Gasteiger charge is -2.37. The van der Waals surface area contributed by atoms with E-state index in [1.54, 1.807) is 4.90 Å². The molecule has 0 N–H and O–H groups in total. The number of amides is 1. The van der Waals surface area contributed by atoms with Gasteiger partial charge in [0.2, 0.25) is 5.91 Å². The van der Waals surface area contributed by atoms with Gasteiger partial charge in [0, 0.05) is 19.5 Å². The van der Waals surface area contributed by atoms with Crippen LogP contribution in [0.25, 0.3) is 0 Å². The van der Waals surface area contributed by atoms with Crippen molar-refractivity contribution in [3.05, 3.63) is 0 Å². The van der Waals surface area contributed by atoms with E-state index in [4.69, 9.17) is 0 Å². The third kappa shape index (κ3) is 2.47. The summed E-state index contributed by atoms with van der Waals surface area (Å²) in [4.78, 5) is 24.2. The molecule has 1 heterocycles. The van der Waals surface area contributed by atoms with E-state index in [0.29, 0.717) is 25.4 Å². The van der Waals surface area contributed by atoms with Crippen LogP contribution >= 0.6 is 0 Å². The van der Waals surface area contributed by atoms with E-state index in [2.05, 4.69) is 4.74 Å². The number of likely N-dealkylation sites (tertiary alicyclic amines) is 1. The molecule has 1 fully saturated rings. The SMILES string of the molecule is COC(=O)C1CN(C(=O)CC(C)C)C1. The van der Waals surface area contributed by atoms with Crippen molar-refractivity contribution in [3.8, 4) is 0 Å². The molecule has 0 aliphatic carbocycles. The van der Waals surface area contributed by atoms with Crippen molar-refractivity contribution in [3.63, 3.8) is 0 Å². The average molecular weight is 199 g/mol. The summed E-state index contributed by atoms with van der Waals surface area (Å²) in [5.74, 6) is 0.203. The van der Waals surface area contributed by atoms with E-state index in [0.717, 1.165) is 0 Å². The van der Waals surface area contributed by atoms with Crippen molar-refractivity contribution < 1.29 is 14.3 Å². The first-order valence-electron chi connectivity index (χ1n) is 4.90. The van der Waals surface area contributed by atoms with Crippen molar-refractivity contribution in [2.75, 3.05) is 20.2 Å². The number of esters is 1. The van der Waals surface area contributed by atoms with Crippen LogP contribution < -0.4 is 0 Å². The van der Waals surface area contributed by atoms with Gasteiger partial charge in [0.25, 0.3) is 0 Å². The molecule has 0 saturated carbocycles. The number of carbonyl (C=O) groups is 2. The number of nitrogens with zero attached hydrogens (tertiary/aromatic N) is 1. The maximum atomic E-state index is 11.5. The zero-order valence-corrected chi connectivity index (χ0v) is 8.95. The maximum absolute atomic E-state index is 11.5. The first kappa shape index (κ1) is 11.0. The summed E-state index contributed by atoms with van der Waals surface area (Å²) in [7, 11) is 1.38. The molecule has 1 aliphatic rings. The Kier molecular flexibility index (Phi) is 3.49. The molecule has 1 saturated heterocycles. The second-order valence-corrected chi connectivity index (χ2v) is 4.12. The van der Waals surface area contributed by atoms with Crippen molar-refractivity contribution in [2.45, 2.75) is 20.3 Å². The summed E-state index contributed by atoms with van der Waals surface area (Å²) in [6, 6.07) is 0. The molecule has 0 radical (unpaired) electrons. The summed E-state index contributed by atoms with van der Waals surface area (Å²) >= 11 is 0. The Labute approximate surface area is 84.2 Å². The highest BCUT2D eigenvalue weighted by Gasteiger charge is 2.36. The first-order valence-corrected chi connectivity index (χ1v) is 4.90. The molecule has 0 spiro atoms. The van der Waals surface area contributed by atoms with Crippen molar-refractivity contribution in [1.82, 2.24) is 4.90 Å². The second kappa shape index (κ2) is 4.44. The van der Waals surface area contributed by atoms with E-state index in [1.807, 2.05) is 13.8 Å². The van der Waals surface area contributed by atoms with Gasteiger partial charge in [-0.2, -0.15) is 0 Å². The average Bonchev–Trinajstić information content (AvgIpc) is 1.99. The number of rotatable bonds is 3. The molecule has 1 rings (SSSR count). The zero-order chi connectivity index (χ0) is 10.7. The molecule has 14 heavy (non-hydrogen) atoms. The quantitative estimate of drug-likeness (QED) is 0.627. The maximum Gasteiger partial charge on any atom is 0.312 e. The van der Waals surface area contributed by atoms with Gasteiger partial charge in [-0.1, -0.05) is 13.8 Å². The van der Waals surface area contributed by atoms with E-state index in [-0.39, 0.29) is 17.8 Å². The van der Waals surface area contributed by atoms with E-state index in [1.165, 1.54) is 7.11 Å². The molecule has 0 aromatic heterocycles. The third-order valence-electron chi connectivity index (χ3n) is 2.35. The lowest BCUT2D eigenvalue weighted by atomic mass is 9.98. The van der Waals surface area contributed by atoms with Crippen LogP contribution in [0.2, 0.25) is 0 Å². The molecular formula is C10H17NO3. The lowest BCUT2D eigenvalue weighted by Crippen LogP contribution is -2.53. The summed E-state index contributed by atoms with van der Waals surface area (Å²) in [5.41, 5.74) is 0. The number of hydrogen-bond acceptors (Lipinski definition) is 3. The predicted molar refractivity (Wildman–Crippen MR) is 51.5 cm³/mol. The minimum atomic E-state index is -0.210.